The molecule has 3 aromatic heterocycles. The van der Waals surface area contributed by atoms with E-state index in [2.05, 4.69) is 41.5 Å². The third-order valence-corrected chi connectivity index (χ3v) is 6.32. The van der Waals surface area contributed by atoms with E-state index in [9.17, 15) is 4.39 Å². The lowest BCUT2D eigenvalue weighted by molar-refractivity contribution is 0.357. The average Bonchev–Trinajstić information content (AvgIpc) is 3.52. The Morgan fingerprint density at radius 3 is 2.74 bits per heavy atom. The van der Waals surface area contributed by atoms with Gasteiger partial charge < -0.3 is 10.1 Å². The smallest absolute Gasteiger partial charge is 0.223 e. The lowest BCUT2D eigenvalue weighted by Crippen LogP contribution is -2.05. The Kier molecular flexibility index (Phi) is 5.37. The van der Waals surface area contributed by atoms with Gasteiger partial charge in [-0.1, -0.05) is 19.1 Å². The number of aromatic nitrogens is 4. The van der Waals surface area contributed by atoms with Gasteiger partial charge in [-0.25, -0.2) is 19.3 Å². The summed E-state index contributed by atoms with van der Waals surface area (Å²) in [7, 11) is 0. The number of nitrogens with one attached hydrogen (secondary N) is 1. The van der Waals surface area contributed by atoms with Crippen molar-refractivity contribution in [1.29, 1.82) is 0 Å². The number of benzene rings is 2. The summed E-state index contributed by atoms with van der Waals surface area (Å²) in [6.45, 7) is 3.47. The maximum Gasteiger partial charge on any atom is 0.223 e. The Bertz CT molecular complexity index is 1530. The summed E-state index contributed by atoms with van der Waals surface area (Å²) in [6.07, 6.45) is 5.62. The average molecular weight is 466 g/mol. The van der Waals surface area contributed by atoms with Crippen LogP contribution in [0.5, 0.6) is 5.75 Å². The Morgan fingerprint density at radius 1 is 1.00 bits per heavy atom. The molecule has 0 unspecified atom stereocenters. The van der Waals surface area contributed by atoms with Crippen molar-refractivity contribution in [3.05, 3.63) is 95.6 Å². The van der Waals surface area contributed by atoms with Crippen LogP contribution in [0.4, 0.5) is 10.3 Å². The molecule has 6 rings (SSSR count). The van der Waals surface area contributed by atoms with E-state index in [0.29, 0.717) is 12.5 Å². The molecule has 2 aromatic carbocycles. The minimum absolute atomic E-state index is 0.279. The maximum atomic E-state index is 13.6. The highest BCUT2D eigenvalue weighted by Gasteiger charge is 2.18. The molecule has 5 aromatic rings. The van der Waals surface area contributed by atoms with Gasteiger partial charge in [0.05, 0.1) is 23.7 Å². The second-order valence-electron chi connectivity index (χ2n) is 8.59. The SMILES string of the molecule is CCc1ccn2c(-c3ccnc(NCc4ccc5c(c4)CCO5)n3)c(-c3ccc(F)cc3)nc2c1. The van der Waals surface area contributed by atoms with E-state index < -0.39 is 0 Å². The lowest BCUT2D eigenvalue weighted by Gasteiger charge is -2.09. The fourth-order valence-corrected chi connectivity index (χ4v) is 4.47. The molecule has 7 heteroatoms. The molecule has 0 amide bonds. The third kappa shape index (κ3) is 4.10. The molecule has 0 spiro atoms. The van der Waals surface area contributed by atoms with Gasteiger partial charge in [0.25, 0.3) is 0 Å². The molecule has 1 N–H and O–H groups in total. The fraction of sp³-hybridized carbons (Fsp3) is 0.179. The Labute approximate surface area is 202 Å². The largest absolute Gasteiger partial charge is 0.493 e. The van der Waals surface area contributed by atoms with Gasteiger partial charge in [-0.2, -0.15) is 0 Å². The standard InChI is InChI=1S/C28H24FN5O/c1-2-18-10-13-34-25(16-18)33-26(20-4-6-22(29)7-5-20)27(34)23-9-12-30-28(32-23)31-17-19-3-8-24-21(15-19)11-14-35-24/h3-10,12-13,15-16H,2,11,14,17H2,1H3,(H,30,31,32). The molecule has 35 heavy (non-hydrogen) atoms. The highest BCUT2D eigenvalue weighted by molar-refractivity contribution is 5.80. The third-order valence-electron chi connectivity index (χ3n) is 6.32. The van der Waals surface area contributed by atoms with Crippen molar-refractivity contribution in [3.63, 3.8) is 0 Å². The number of imidazole rings is 1. The van der Waals surface area contributed by atoms with Gasteiger partial charge in [-0.3, -0.25) is 4.40 Å². The molecule has 0 saturated carbocycles. The molecule has 0 aliphatic carbocycles. The molecule has 0 bridgehead atoms. The number of halogens is 1. The molecule has 6 nitrogen and oxygen atoms in total. The Morgan fingerprint density at radius 2 is 1.89 bits per heavy atom. The quantitative estimate of drug-likeness (QED) is 0.348. The highest BCUT2D eigenvalue weighted by atomic mass is 19.1. The normalized spacial score (nSPS) is 12.5. The van der Waals surface area contributed by atoms with Gasteiger partial charge in [0.1, 0.15) is 17.2 Å². The van der Waals surface area contributed by atoms with Crippen molar-refractivity contribution in [2.24, 2.45) is 0 Å². The summed E-state index contributed by atoms with van der Waals surface area (Å²) in [5.74, 6) is 1.22. The first kappa shape index (κ1) is 21.3. The van der Waals surface area contributed by atoms with Crippen LogP contribution in [0.15, 0.2) is 73.1 Å². The van der Waals surface area contributed by atoms with Crippen molar-refractivity contribution in [2.45, 2.75) is 26.3 Å². The first-order chi connectivity index (χ1) is 17.2. The number of rotatable bonds is 6. The fourth-order valence-electron chi connectivity index (χ4n) is 4.47. The van der Waals surface area contributed by atoms with Crippen molar-refractivity contribution >= 4 is 11.6 Å². The molecule has 0 fully saturated rings. The molecular weight excluding hydrogens is 441 g/mol. The summed E-state index contributed by atoms with van der Waals surface area (Å²) < 4.78 is 21.3. The van der Waals surface area contributed by atoms with Gasteiger partial charge in [0, 0.05) is 30.9 Å². The number of pyridine rings is 1. The van der Waals surface area contributed by atoms with Crippen LogP contribution in [-0.2, 0) is 19.4 Å². The monoisotopic (exact) mass is 465 g/mol. The van der Waals surface area contributed by atoms with Crippen LogP contribution in [-0.4, -0.2) is 26.0 Å². The second-order valence-corrected chi connectivity index (χ2v) is 8.59. The zero-order valence-corrected chi connectivity index (χ0v) is 19.3. The molecule has 1 aliphatic rings. The van der Waals surface area contributed by atoms with E-state index in [0.717, 1.165) is 59.1 Å². The minimum atomic E-state index is -0.279. The van der Waals surface area contributed by atoms with Crippen LogP contribution in [0.3, 0.4) is 0 Å². The number of nitrogens with zero attached hydrogens (tertiary/aromatic N) is 4. The lowest BCUT2D eigenvalue weighted by atomic mass is 10.1. The zero-order valence-electron chi connectivity index (χ0n) is 19.3. The predicted octanol–water partition coefficient (Wildman–Crippen LogP) is 5.71. The number of fused-ring (bicyclic) bond motifs is 2. The number of aryl methyl sites for hydroxylation is 1. The zero-order chi connectivity index (χ0) is 23.8. The van der Waals surface area contributed by atoms with Crippen LogP contribution >= 0.6 is 0 Å². The molecule has 1 aliphatic heterocycles. The molecular formula is C28H24FN5O. The molecule has 4 heterocycles. The first-order valence-electron chi connectivity index (χ1n) is 11.8. The summed E-state index contributed by atoms with van der Waals surface area (Å²) in [6, 6.07) is 18.7. The van der Waals surface area contributed by atoms with E-state index in [-0.39, 0.29) is 5.82 Å². The van der Waals surface area contributed by atoms with Crippen LogP contribution in [0.1, 0.15) is 23.6 Å². The Balaban J connectivity index is 1.37. The van der Waals surface area contributed by atoms with Crippen LogP contribution in [0, 0.1) is 5.82 Å². The number of ether oxygens (including phenoxy) is 1. The number of hydrogen-bond donors (Lipinski definition) is 1. The van der Waals surface area contributed by atoms with Gasteiger partial charge >= 0.3 is 0 Å². The Hall–Kier alpha value is -4.26. The predicted molar refractivity (Wildman–Crippen MR) is 134 cm³/mol. The minimum Gasteiger partial charge on any atom is -0.493 e. The van der Waals surface area contributed by atoms with Crippen molar-refractivity contribution < 1.29 is 9.13 Å². The maximum absolute atomic E-state index is 13.6. The summed E-state index contributed by atoms with van der Waals surface area (Å²) in [4.78, 5) is 14.2. The van der Waals surface area contributed by atoms with Crippen molar-refractivity contribution in [2.75, 3.05) is 11.9 Å². The summed E-state index contributed by atoms with van der Waals surface area (Å²) >= 11 is 0. The van der Waals surface area contributed by atoms with Gasteiger partial charge in [-0.15, -0.1) is 0 Å². The number of hydrogen-bond acceptors (Lipinski definition) is 5. The second kappa shape index (κ2) is 8.83. The number of anilines is 1. The molecule has 0 atom stereocenters. The van der Waals surface area contributed by atoms with E-state index in [4.69, 9.17) is 14.7 Å². The van der Waals surface area contributed by atoms with Gasteiger partial charge in [0.2, 0.25) is 5.95 Å². The van der Waals surface area contributed by atoms with Crippen LogP contribution < -0.4 is 10.1 Å². The first-order valence-corrected chi connectivity index (χ1v) is 11.8. The van der Waals surface area contributed by atoms with Gasteiger partial charge in [0.15, 0.2) is 0 Å². The van der Waals surface area contributed by atoms with E-state index in [1.165, 1.54) is 23.3 Å². The summed E-state index contributed by atoms with van der Waals surface area (Å²) in [5, 5.41) is 3.35. The van der Waals surface area contributed by atoms with Crippen LogP contribution in [0.2, 0.25) is 0 Å². The van der Waals surface area contributed by atoms with Gasteiger partial charge in [-0.05, 0) is 71.6 Å². The van der Waals surface area contributed by atoms with Crippen molar-refractivity contribution in [3.8, 4) is 28.4 Å². The van der Waals surface area contributed by atoms with Crippen molar-refractivity contribution in [1.82, 2.24) is 19.4 Å². The summed E-state index contributed by atoms with van der Waals surface area (Å²) in [5.41, 5.74) is 7.57. The molecule has 0 radical (unpaired) electrons. The topological polar surface area (TPSA) is 64.3 Å². The molecule has 0 saturated heterocycles. The van der Waals surface area contributed by atoms with E-state index in [1.807, 2.05) is 22.7 Å². The van der Waals surface area contributed by atoms with Crippen LogP contribution in [0.25, 0.3) is 28.3 Å². The molecule has 174 valence electrons. The van der Waals surface area contributed by atoms with E-state index in [1.54, 1.807) is 18.3 Å². The highest BCUT2D eigenvalue weighted by Crippen LogP contribution is 2.33. The van der Waals surface area contributed by atoms with E-state index >= 15 is 0 Å².